The summed E-state index contributed by atoms with van der Waals surface area (Å²) in [6.45, 7) is 0. The number of hydrogen-bond donors (Lipinski definition) is 5. The maximum absolute atomic E-state index is 9.10. The minimum atomic E-state index is -1.82. The molecule has 8 N–H and O–H groups in total. The molecule has 0 saturated carbocycles. The Labute approximate surface area is 90.6 Å². The van der Waals surface area contributed by atoms with Crippen molar-refractivity contribution < 1.29 is 60.0 Å². The van der Waals surface area contributed by atoms with Gasteiger partial charge in [-0.15, -0.1) is 0 Å². The van der Waals surface area contributed by atoms with Crippen LogP contribution in [0.1, 0.15) is 0 Å². The number of quaternary nitrogens is 1. The minimum absolute atomic E-state index is 0. The molecule has 9 nitrogen and oxygen atoms in total. The Bertz CT molecular complexity index is 177. The first-order valence-corrected chi connectivity index (χ1v) is 2.21. The van der Waals surface area contributed by atoms with Crippen molar-refractivity contribution in [2.45, 2.75) is 0 Å². The van der Waals surface area contributed by atoms with Crippen LogP contribution >= 0.6 is 0 Å². The van der Waals surface area contributed by atoms with Crippen LogP contribution in [0.2, 0.25) is 0 Å². The molecule has 0 amide bonds. The zero-order valence-corrected chi connectivity index (χ0v) is 8.29. The van der Waals surface area contributed by atoms with E-state index in [4.69, 9.17) is 39.6 Å². The second-order valence-corrected chi connectivity index (χ2v) is 1.22. The molecule has 0 atom stereocenters. The molecular formula is C4H8NO8Pd+3. The first kappa shape index (κ1) is 22.9. The molecule has 0 bridgehead atoms. The Hall–Kier alpha value is -1.50. The van der Waals surface area contributed by atoms with Gasteiger partial charge in [0.1, 0.15) is 0 Å². The normalized spacial score (nSPS) is 6.29. The summed E-state index contributed by atoms with van der Waals surface area (Å²) in [5.74, 6) is -7.30. The molecule has 0 aliphatic carbocycles. The standard InChI is InChI=1S/2C2H2O4.H3N.Pd/c2*3-1(4)2(5)6;;/h2*(H,3,4)(H,5,6);1H3;/q;;;+2/p+1. The van der Waals surface area contributed by atoms with Crippen molar-refractivity contribution in [3.05, 3.63) is 0 Å². The van der Waals surface area contributed by atoms with Crippen molar-refractivity contribution in [3.8, 4) is 0 Å². The van der Waals surface area contributed by atoms with E-state index in [2.05, 4.69) is 0 Å². The van der Waals surface area contributed by atoms with Gasteiger partial charge in [-0.1, -0.05) is 0 Å². The van der Waals surface area contributed by atoms with Gasteiger partial charge in [-0.2, -0.15) is 0 Å². The maximum atomic E-state index is 9.10. The Morgan fingerprint density at radius 2 is 0.643 bits per heavy atom. The van der Waals surface area contributed by atoms with E-state index in [1.54, 1.807) is 0 Å². The number of hydrogen-bond acceptors (Lipinski definition) is 4. The van der Waals surface area contributed by atoms with Crippen molar-refractivity contribution in [3.63, 3.8) is 0 Å². The van der Waals surface area contributed by atoms with Crippen molar-refractivity contribution >= 4 is 23.9 Å². The molecule has 0 heterocycles. The molecule has 0 aliphatic heterocycles. The molecule has 0 radical (unpaired) electrons. The van der Waals surface area contributed by atoms with Crippen LogP contribution in [0, 0.1) is 0 Å². The topological polar surface area (TPSA) is 186 Å². The summed E-state index contributed by atoms with van der Waals surface area (Å²) in [5.41, 5.74) is 0. The molecule has 0 fully saturated rings. The summed E-state index contributed by atoms with van der Waals surface area (Å²) in [7, 11) is 0. The summed E-state index contributed by atoms with van der Waals surface area (Å²) in [4.78, 5) is 36.4. The van der Waals surface area contributed by atoms with Gasteiger partial charge >= 0.3 is 44.3 Å². The van der Waals surface area contributed by atoms with Gasteiger partial charge in [0, 0.05) is 0 Å². The van der Waals surface area contributed by atoms with E-state index in [-0.39, 0.29) is 26.6 Å². The molecule has 0 aromatic heterocycles. The van der Waals surface area contributed by atoms with Crippen molar-refractivity contribution in [1.29, 1.82) is 0 Å². The molecule has 0 aliphatic rings. The summed E-state index contributed by atoms with van der Waals surface area (Å²) in [5, 5.41) is 29.6. The van der Waals surface area contributed by atoms with E-state index in [9.17, 15) is 0 Å². The van der Waals surface area contributed by atoms with Gasteiger partial charge in [0.25, 0.3) is 0 Å². The molecule has 84 valence electrons. The third kappa shape index (κ3) is 22.4. The summed E-state index contributed by atoms with van der Waals surface area (Å²) < 4.78 is 0. The van der Waals surface area contributed by atoms with Crippen molar-refractivity contribution in [2.75, 3.05) is 0 Å². The fraction of sp³-hybridized carbons (Fsp3) is 0. The van der Waals surface area contributed by atoms with Crippen molar-refractivity contribution in [1.82, 2.24) is 6.15 Å². The zero-order valence-electron chi connectivity index (χ0n) is 6.74. The van der Waals surface area contributed by atoms with Gasteiger partial charge in [-0.3, -0.25) is 0 Å². The van der Waals surface area contributed by atoms with Crippen LogP contribution in [-0.2, 0) is 39.6 Å². The fourth-order valence-corrected chi connectivity index (χ4v) is 0. The first-order valence-electron chi connectivity index (χ1n) is 2.21. The molecular weight excluding hydrogens is 296 g/mol. The van der Waals surface area contributed by atoms with Gasteiger partial charge in [0.2, 0.25) is 0 Å². The average molecular weight is 305 g/mol. The number of carbonyl (C=O) groups is 4. The van der Waals surface area contributed by atoms with Gasteiger partial charge in [0.05, 0.1) is 0 Å². The third-order valence-electron chi connectivity index (χ3n) is 0.366. The monoisotopic (exact) mass is 304 g/mol. The van der Waals surface area contributed by atoms with Crippen LogP contribution in [0.4, 0.5) is 0 Å². The number of carboxylic acid groups (broad SMARTS) is 4. The molecule has 0 spiro atoms. The number of rotatable bonds is 0. The second kappa shape index (κ2) is 11.5. The van der Waals surface area contributed by atoms with Gasteiger partial charge in [0.15, 0.2) is 0 Å². The SMILES string of the molecule is O=C(O)C(=O)O.O=C(O)C(=O)O.[NH4+].[Pd+2]. The van der Waals surface area contributed by atoms with Crippen LogP contribution in [0.15, 0.2) is 0 Å². The second-order valence-electron chi connectivity index (χ2n) is 1.22. The Balaban J connectivity index is -0.0000000625. The molecule has 14 heavy (non-hydrogen) atoms. The van der Waals surface area contributed by atoms with Crippen LogP contribution in [0.25, 0.3) is 0 Å². The van der Waals surface area contributed by atoms with E-state index >= 15 is 0 Å². The Kier molecular flexibility index (Phi) is 18.8. The number of aliphatic carboxylic acids is 4. The van der Waals surface area contributed by atoms with Crippen molar-refractivity contribution in [2.24, 2.45) is 0 Å². The molecule has 0 unspecified atom stereocenters. The van der Waals surface area contributed by atoms with Crippen LogP contribution in [0.3, 0.4) is 0 Å². The van der Waals surface area contributed by atoms with Crippen LogP contribution in [-0.4, -0.2) is 44.3 Å². The van der Waals surface area contributed by atoms with E-state index in [1.165, 1.54) is 0 Å². The zero-order chi connectivity index (χ0) is 10.3. The minimum Gasteiger partial charge on any atom is -0.473 e. The molecule has 0 saturated heterocycles. The number of carboxylic acids is 4. The van der Waals surface area contributed by atoms with Crippen LogP contribution < -0.4 is 6.15 Å². The van der Waals surface area contributed by atoms with Crippen LogP contribution in [0.5, 0.6) is 0 Å². The third-order valence-corrected chi connectivity index (χ3v) is 0.366. The first-order chi connectivity index (χ1) is 5.29. The Morgan fingerprint density at radius 1 is 0.571 bits per heavy atom. The Morgan fingerprint density at radius 3 is 0.643 bits per heavy atom. The summed E-state index contributed by atoms with van der Waals surface area (Å²) in [6, 6.07) is 0. The maximum Gasteiger partial charge on any atom is 2.00 e. The summed E-state index contributed by atoms with van der Waals surface area (Å²) in [6.07, 6.45) is 0. The van der Waals surface area contributed by atoms with Gasteiger partial charge in [-0.05, 0) is 0 Å². The molecule has 10 heteroatoms. The molecule has 0 rings (SSSR count). The van der Waals surface area contributed by atoms with E-state index in [0.29, 0.717) is 0 Å². The smallest absolute Gasteiger partial charge is 0.473 e. The van der Waals surface area contributed by atoms with Gasteiger partial charge < -0.3 is 26.6 Å². The predicted molar refractivity (Wildman–Crippen MR) is 36.5 cm³/mol. The van der Waals surface area contributed by atoms with E-state index < -0.39 is 23.9 Å². The quantitative estimate of drug-likeness (QED) is 0.269. The average Bonchev–Trinajstić information content (AvgIpc) is 1.88. The largest absolute Gasteiger partial charge is 2.00 e. The molecule has 0 aromatic rings. The fourth-order valence-electron chi connectivity index (χ4n) is 0. The molecule has 0 aromatic carbocycles. The summed E-state index contributed by atoms with van der Waals surface area (Å²) >= 11 is 0. The predicted octanol–water partition coefficient (Wildman–Crippen LogP) is -1.32. The van der Waals surface area contributed by atoms with E-state index in [0.717, 1.165) is 0 Å². The van der Waals surface area contributed by atoms with Gasteiger partial charge in [-0.25, -0.2) is 19.2 Å². The van der Waals surface area contributed by atoms with E-state index in [1.807, 2.05) is 0 Å².